The van der Waals surface area contributed by atoms with Gasteiger partial charge in [0, 0.05) is 5.56 Å². The second-order valence-corrected chi connectivity index (χ2v) is 5.71. The minimum Gasteiger partial charge on any atom is -0.456 e. The van der Waals surface area contributed by atoms with Gasteiger partial charge in [-0.15, -0.1) is 0 Å². The van der Waals surface area contributed by atoms with Crippen molar-refractivity contribution >= 4 is 21.8 Å². The Bertz CT molecular complexity index is 638. The van der Waals surface area contributed by atoms with Crippen molar-refractivity contribution in [3.63, 3.8) is 0 Å². The number of nitrogen functional groups attached to an aromatic ring is 1. The van der Waals surface area contributed by atoms with Crippen LogP contribution in [0.1, 0.15) is 30.9 Å². The van der Waals surface area contributed by atoms with Gasteiger partial charge in [-0.3, -0.25) is 5.41 Å². The van der Waals surface area contributed by atoms with Crippen LogP contribution in [0.25, 0.3) is 0 Å². The lowest BCUT2D eigenvalue weighted by Gasteiger charge is -2.14. The molecule has 0 aliphatic carbocycles. The van der Waals surface area contributed by atoms with Gasteiger partial charge in [-0.05, 0) is 51.7 Å². The summed E-state index contributed by atoms with van der Waals surface area (Å²) in [4.78, 5) is 0. The monoisotopic (exact) mass is 332 g/mol. The molecule has 3 nitrogen and oxygen atoms in total. The minimum absolute atomic E-state index is 0.0415. The van der Waals surface area contributed by atoms with Crippen LogP contribution in [0.15, 0.2) is 46.9 Å². The van der Waals surface area contributed by atoms with Crippen molar-refractivity contribution in [3.8, 4) is 11.5 Å². The van der Waals surface area contributed by atoms with Crippen molar-refractivity contribution in [2.75, 3.05) is 0 Å². The van der Waals surface area contributed by atoms with Crippen molar-refractivity contribution in [2.24, 2.45) is 5.73 Å². The molecule has 0 bridgehead atoms. The van der Waals surface area contributed by atoms with Crippen LogP contribution in [0.4, 0.5) is 0 Å². The maximum absolute atomic E-state index is 7.43. The summed E-state index contributed by atoms with van der Waals surface area (Å²) >= 11 is 3.46. The van der Waals surface area contributed by atoms with Gasteiger partial charge in [-0.1, -0.05) is 32.0 Å². The van der Waals surface area contributed by atoms with E-state index in [0.29, 0.717) is 17.2 Å². The molecule has 3 N–H and O–H groups in total. The second kappa shape index (κ2) is 6.09. The molecular formula is C16H17BrN2O. The Morgan fingerprint density at radius 1 is 1.15 bits per heavy atom. The summed E-state index contributed by atoms with van der Waals surface area (Å²) in [5.41, 5.74) is 7.30. The van der Waals surface area contributed by atoms with E-state index in [0.717, 1.165) is 15.8 Å². The van der Waals surface area contributed by atoms with E-state index in [9.17, 15) is 0 Å². The zero-order valence-electron chi connectivity index (χ0n) is 11.5. The smallest absolute Gasteiger partial charge is 0.141 e. The first-order valence-electron chi connectivity index (χ1n) is 6.39. The Labute approximate surface area is 127 Å². The predicted octanol–water partition coefficient (Wildman–Crippen LogP) is 4.65. The van der Waals surface area contributed by atoms with E-state index in [4.69, 9.17) is 15.9 Å². The number of rotatable bonds is 4. The van der Waals surface area contributed by atoms with Gasteiger partial charge in [0.2, 0.25) is 0 Å². The van der Waals surface area contributed by atoms with Crippen LogP contribution in [0.5, 0.6) is 11.5 Å². The van der Waals surface area contributed by atoms with Crippen LogP contribution in [0, 0.1) is 5.41 Å². The zero-order valence-corrected chi connectivity index (χ0v) is 13.1. The third-order valence-electron chi connectivity index (χ3n) is 3.00. The molecule has 2 rings (SSSR count). The lowest BCUT2D eigenvalue weighted by molar-refractivity contribution is 0.470. The third-order valence-corrected chi connectivity index (χ3v) is 3.62. The number of ether oxygens (including phenoxy) is 1. The molecule has 20 heavy (non-hydrogen) atoms. The van der Waals surface area contributed by atoms with Gasteiger partial charge >= 0.3 is 0 Å². The average molecular weight is 333 g/mol. The maximum Gasteiger partial charge on any atom is 0.141 e. The first-order valence-corrected chi connectivity index (χ1v) is 7.19. The fraction of sp³-hybridized carbons (Fsp3) is 0.188. The number of amidine groups is 1. The van der Waals surface area contributed by atoms with E-state index in [-0.39, 0.29) is 5.84 Å². The van der Waals surface area contributed by atoms with Crippen LogP contribution >= 0.6 is 15.9 Å². The number of benzene rings is 2. The van der Waals surface area contributed by atoms with Gasteiger partial charge in [0.1, 0.15) is 17.3 Å². The summed E-state index contributed by atoms with van der Waals surface area (Å²) < 4.78 is 6.76. The first-order chi connectivity index (χ1) is 9.49. The SMILES string of the molecule is CC(C)c1ccccc1Oc1ccc(C(=N)N)cc1Br. The molecule has 0 aliphatic heterocycles. The minimum atomic E-state index is 0.0415. The van der Waals surface area contributed by atoms with Crippen molar-refractivity contribution in [3.05, 3.63) is 58.1 Å². The van der Waals surface area contributed by atoms with Crippen LogP contribution < -0.4 is 10.5 Å². The zero-order chi connectivity index (χ0) is 14.7. The molecule has 0 saturated carbocycles. The molecule has 0 fully saturated rings. The van der Waals surface area contributed by atoms with Crippen molar-refractivity contribution in [1.82, 2.24) is 0 Å². The molecular weight excluding hydrogens is 316 g/mol. The van der Waals surface area contributed by atoms with Gasteiger partial charge in [-0.2, -0.15) is 0 Å². The number of hydrogen-bond donors (Lipinski definition) is 2. The molecule has 2 aromatic rings. The molecule has 0 amide bonds. The van der Waals surface area contributed by atoms with Gasteiger partial charge in [0.05, 0.1) is 4.47 Å². The lowest BCUT2D eigenvalue weighted by Crippen LogP contribution is -2.10. The summed E-state index contributed by atoms with van der Waals surface area (Å²) in [6.45, 7) is 4.27. The van der Waals surface area contributed by atoms with Crippen LogP contribution in [-0.2, 0) is 0 Å². The number of nitrogens with one attached hydrogen (secondary N) is 1. The van der Waals surface area contributed by atoms with E-state index < -0.39 is 0 Å². The van der Waals surface area contributed by atoms with Gasteiger partial charge < -0.3 is 10.5 Å². The molecule has 0 spiro atoms. The fourth-order valence-corrected chi connectivity index (χ4v) is 2.38. The van der Waals surface area contributed by atoms with Crippen molar-refractivity contribution in [2.45, 2.75) is 19.8 Å². The molecule has 0 radical (unpaired) electrons. The highest BCUT2D eigenvalue weighted by atomic mass is 79.9. The molecule has 0 aliphatic rings. The summed E-state index contributed by atoms with van der Waals surface area (Å²) in [5, 5.41) is 7.43. The molecule has 2 aromatic carbocycles. The highest BCUT2D eigenvalue weighted by Gasteiger charge is 2.10. The fourth-order valence-electron chi connectivity index (χ4n) is 1.92. The maximum atomic E-state index is 7.43. The highest BCUT2D eigenvalue weighted by Crippen LogP contribution is 2.34. The molecule has 0 unspecified atom stereocenters. The number of nitrogens with two attached hydrogens (primary N) is 1. The predicted molar refractivity (Wildman–Crippen MR) is 85.8 cm³/mol. The summed E-state index contributed by atoms with van der Waals surface area (Å²) in [7, 11) is 0. The highest BCUT2D eigenvalue weighted by molar-refractivity contribution is 9.10. The second-order valence-electron chi connectivity index (χ2n) is 4.85. The molecule has 4 heteroatoms. The molecule has 0 heterocycles. The van der Waals surface area contributed by atoms with Crippen molar-refractivity contribution < 1.29 is 4.74 Å². The van der Waals surface area contributed by atoms with Gasteiger partial charge in [0.15, 0.2) is 0 Å². The molecule has 0 aromatic heterocycles. The topological polar surface area (TPSA) is 59.1 Å². The molecule has 104 valence electrons. The lowest BCUT2D eigenvalue weighted by atomic mass is 10.0. The third kappa shape index (κ3) is 3.20. The molecule has 0 atom stereocenters. The van der Waals surface area contributed by atoms with E-state index in [1.807, 2.05) is 24.3 Å². The van der Waals surface area contributed by atoms with Gasteiger partial charge in [0.25, 0.3) is 0 Å². The Balaban J connectivity index is 2.33. The summed E-state index contributed by atoms with van der Waals surface area (Å²) in [6, 6.07) is 13.4. The Morgan fingerprint density at radius 2 is 1.85 bits per heavy atom. The van der Waals surface area contributed by atoms with E-state index >= 15 is 0 Å². The van der Waals surface area contributed by atoms with Crippen LogP contribution in [-0.4, -0.2) is 5.84 Å². The quantitative estimate of drug-likeness (QED) is 0.632. The van der Waals surface area contributed by atoms with Gasteiger partial charge in [-0.25, -0.2) is 0 Å². The normalized spacial score (nSPS) is 10.6. The van der Waals surface area contributed by atoms with Crippen molar-refractivity contribution in [1.29, 1.82) is 5.41 Å². The Morgan fingerprint density at radius 3 is 2.45 bits per heavy atom. The standard InChI is InChI=1S/C16H17BrN2O/c1-10(2)12-5-3-4-6-14(12)20-15-8-7-11(16(18)19)9-13(15)17/h3-10H,1-2H3,(H3,18,19). The number of halogens is 1. The van der Waals surface area contributed by atoms with E-state index in [1.54, 1.807) is 12.1 Å². The number of hydrogen-bond acceptors (Lipinski definition) is 2. The molecule has 0 saturated heterocycles. The van der Waals surface area contributed by atoms with E-state index in [2.05, 4.69) is 35.8 Å². The van der Waals surface area contributed by atoms with Crippen LogP contribution in [0.3, 0.4) is 0 Å². The van der Waals surface area contributed by atoms with E-state index in [1.165, 1.54) is 0 Å². The average Bonchev–Trinajstić information content (AvgIpc) is 2.41. The Kier molecular flexibility index (Phi) is 4.45. The van der Waals surface area contributed by atoms with Crippen LogP contribution in [0.2, 0.25) is 0 Å². The summed E-state index contributed by atoms with van der Waals surface area (Å²) in [6.07, 6.45) is 0. The number of para-hydroxylation sites is 1. The first kappa shape index (κ1) is 14.6. The summed E-state index contributed by atoms with van der Waals surface area (Å²) in [5.74, 6) is 1.99. The largest absolute Gasteiger partial charge is 0.456 e. The Hall–Kier alpha value is -1.81.